The van der Waals surface area contributed by atoms with E-state index in [0.29, 0.717) is 6.54 Å². The molecule has 0 heterocycles. The van der Waals surface area contributed by atoms with Crippen molar-refractivity contribution in [3.05, 3.63) is 84.5 Å². The Hall–Kier alpha value is -2.19. The zero-order valence-corrected chi connectivity index (χ0v) is 20.4. The summed E-state index contributed by atoms with van der Waals surface area (Å²) in [6.45, 7) is 23.2. The van der Waals surface area contributed by atoms with E-state index in [-0.39, 0.29) is 17.2 Å². The third-order valence-corrected chi connectivity index (χ3v) is 4.85. The lowest BCUT2D eigenvalue weighted by Gasteiger charge is -2.28. The van der Waals surface area contributed by atoms with Crippen molar-refractivity contribution in [3.63, 3.8) is 0 Å². The van der Waals surface area contributed by atoms with Crippen LogP contribution in [0.25, 0.3) is 0 Å². The zero-order chi connectivity index (χ0) is 23.2. The molecular formula is C28H43NO. The molecule has 166 valence electrons. The Morgan fingerprint density at radius 3 is 2.17 bits per heavy atom. The molecule has 0 fully saturated rings. The molecule has 2 heteroatoms. The number of hydrogen-bond acceptors (Lipinski definition) is 2. The van der Waals surface area contributed by atoms with Crippen LogP contribution < -0.4 is 0 Å². The number of hydrogen-bond donors (Lipinski definition) is 0. The van der Waals surface area contributed by atoms with Crippen molar-refractivity contribution < 1.29 is 4.79 Å². The van der Waals surface area contributed by atoms with Crippen molar-refractivity contribution in [2.24, 2.45) is 0 Å². The maximum absolute atomic E-state index is 11.4. The molecule has 1 rings (SSSR count). The topological polar surface area (TPSA) is 20.3 Å². The molecule has 0 spiro atoms. The largest absolute Gasteiger partial charge is 0.299 e. The molecule has 1 aromatic carbocycles. The third-order valence-electron chi connectivity index (χ3n) is 4.85. The van der Waals surface area contributed by atoms with Crippen LogP contribution >= 0.6 is 0 Å². The first-order valence-electron chi connectivity index (χ1n) is 11.0. The molecule has 1 unspecified atom stereocenters. The Labute approximate surface area is 186 Å². The average molecular weight is 410 g/mol. The lowest BCUT2D eigenvalue weighted by Crippen LogP contribution is -2.31. The molecule has 0 aliphatic carbocycles. The molecule has 0 radical (unpaired) electrons. The SMILES string of the molecule is C=C/C=C(\C=C/C)CCC.C=CCN(CC(C)=O)C(C)c1ccc(C(C)(C)C)cc1. The number of carbonyl (C=O) groups is 1. The van der Waals surface area contributed by atoms with Gasteiger partial charge in [-0.25, -0.2) is 0 Å². The molecular weight excluding hydrogens is 366 g/mol. The van der Waals surface area contributed by atoms with Gasteiger partial charge in [0.25, 0.3) is 0 Å². The molecule has 30 heavy (non-hydrogen) atoms. The highest BCUT2D eigenvalue weighted by Crippen LogP contribution is 2.26. The van der Waals surface area contributed by atoms with E-state index in [9.17, 15) is 4.79 Å². The van der Waals surface area contributed by atoms with Crippen molar-refractivity contribution in [1.29, 1.82) is 0 Å². The fraction of sp³-hybridized carbons (Fsp3) is 0.464. The molecule has 1 aromatic rings. The summed E-state index contributed by atoms with van der Waals surface area (Å²) in [5, 5.41) is 0. The predicted octanol–water partition coefficient (Wildman–Crippen LogP) is 7.60. The van der Waals surface area contributed by atoms with Gasteiger partial charge < -0.3 is 0 Å². The predicted molar refractivity (Wildman–Crippen MR) is 134 cm³/mol. The Bertz CT molecular complexity index is 701. The van der Waals surface area contributed by atoms with Gasteiger partial charge in [-0.05, 0) is 49.3 Å². The first kappa shape index (κ1) is 27.8. The lowest BCUT2D eigenvalue weighted by atomic mass is 9.86. The van der Waals surface area contributed by atoms with Gasteiger partial charge in [-0.15, -0.1) is 6.58 Å². The van der Waals surface area contributed by atoms with Gasteiger partial charge in [-0.1, -0.05) is 95.3 Å². The van der Waals surface area contributed by atoms with Crippen molar-refractivity contribution in [2.45, 2.75) is 72.8 Å². The molecule has 0 amide bonds. The second-order valence-corrected chi connectivity index (χ2v) is 8.70. The van der Waals surface area contributed by atoms with Crippen molar-refractivity contribution in [1.82, 2.24) is 4.90 Å². The Kier molecular flexibility index (Phi) is 13.7. The van der Waals surface area contributed by atoms with Crippen molar-refractivity contribution in [3.8, 4) is 0 Å². The summed E-state index contributed by atoms with van der Waals surface area (Å²) < 4.78 is 0. The van der Waals surface area contributed by atoms with Crippen LogP contribution in [0.3, 0.4) is 0 Å². The quantitative estimate of drug-likeness (QED) is 0.293. The van der Waals surface area contributed by atoms with Gasteiger partial charge in [-0.3, -0.25) is 9.69 Å². The first-order valence-corrected chi connectivity index (χ1v) is 11.0. The number of nitrogens with zero attached hydrogens (tertiary/aromatic N) is 1. The maximum atomic E-state index is 11.4. The fourth-order valence-corrected chi connectivity index (χ4v) is 3.16. The van der Waals surface area contributed by atoms with Crippen LogP contribution in [0.2, 0.25) is 0 Å². The molecule has 0 N–H and O–H groups in total. The summed E-state index contributed by atoms with van der Waals surface area (Å²) >= 11 is 0. The van der Waals surface area contributed by atoms with E-state index in [1.54, 1.807) is 6.92 Å². The summed E-state index contributed by atoms with van der Waals surface area (Å²) in [6.07, 6.45) is 12.3. The van der Waals surface area contributed by atoms with Crippen LogP contribution in [-0.2, 0) is 10.2 Å². The van der Waals surface area contributed by atoms with E-state index >= 15 is 0 Å². The standard InChI is InChI=1S/C18H27NO.C10H16/c1-7-12-19(13-14(2)20)15(3)16-8-10-17(11-9-16)18(4,5)6;1-4-7-10(8-5-2)9-6-3/h7-11,15H,1,12-13H2,2-6H3;4-5,7-8H,1,6,9H2,2-3H3/b;8-5-,10-7+. The molecule has 2 nitrogen and oxygen atoms in total. The molecule has 0 saturated heterocycles. The highest BCUT2D eigenvalue weighted by molar-refractivity contribution is 5.77. The van der Waals surface area contributed by atoms with E-state index in [2.05, 4.69) is 95.2 Å². The van der Waals surface area contributed by atoms with E-state index in [0.717, 1.165) is 13.0 Å². The van der Waals surface area contributed by atoms with Crippen LogP contribution in [0, 0.1) is 0 Å². The summed E-state index contributed by atoms with van der Waals surface area (Å²) in [7, 11) is 0. The van der Waals surface area contributed by atoms with Crippen LogP contribution in [0.1, 0.15) is 78.5 Å². The van der Waals surface area contributed by atoms with Crippen molar-refractivity contribution in [2.75, 3.05) is 13.1 Å². The molecule has 1 atom stereocenters. The minimum absolute atomic E-state index is 0.169. The average Bonchev–Trinajstić information content (AvgIpc) is 2.67. The van der Waals surface area contributed by atoms with Gasteiger partial charge in [0, 0.05) is 12.6 Å². The Balaban J connectivity index is 0.000000710. The lowest BCUT2D eigenvalue weighted by molar-refractivity contribution is -0.118. The normalized spacial score (nSPS) is 13.0. The number of Topliss-reactive ketones (excluding diaryl/α,β-unsaturated/α-hetero) is 1. The summed E-state index contributed by atoms with van der Waals surface area (Å²) in [5.74, 6) is 0.185. The van der Waals surface area contributed by atoms with E-state index in [4.69, 9.17) is 0 Å². The summed E-state index contributed by atoms with van der Waals surface area (Å²) in [4.78, 5) is 13.5. The number of allylic oxidation sites excluding steroid dienone is 5. The van der Waals surface area contributed by atoms with Gasteiger partial charge in [0.15, 0.2) is 0 Å². The van der Waals surface area contributed by atoms with Gasteiger partial charge in [0.2, 0.25) is 0 Å². The fourth-order valence-electron chi connectivity index (χ4n) is 3.16. The summed E-state index contributed by atoms with van der Waals surface area (Å²) in [5.41, 5.74) is 4.10. The number of benzene rings is 1. The monoisotopic (exact) mass is 409 g/mol. The van der Waals surface area contributed by atoms with Gasteiger partial charge >= 0.3 is 0 Å². The smallest absolute Gasteiger partial charge is 0.143 e. The number of ketones is 1. The van der Waals surface area contributed by atoms with Crippen LogP contribution in [0.15, 0.2) is 73.4 Å². The second-order valence-electron chi connectivity index (χ2n) is 8.70. The number of rotatable bonds is 10. The molecule has 0 bridgehead atoms. The van der Waals surface area contributed by atoms with Gasteiger partial charge in [0.1, 0.15) is 5.78 Å². The minimum atomic E-state index is 0.169. The second kappa shape index (κ2) is 14.7. The van der Waals surface area contributed by atoms with Gasteiger partial charge in [-0.2, -0.15) is 0 Å². The zero-order valence-electron chi connectivity index (χ0n) is 20.4. The molecule has 0 aliphatic heterocycles. The van der Waals surface area contributed by atoms with Gasteiger partial charge in [0.05, 0.1) is 6.54 Å². The molecule has 0 aliphatic rings. The molecule has 0 saturated carbocycles. The Morgan fingerprint density at radius 2 is 1.77 bits per heavy atom. The van der Waals surface area contributed by atoms with Crippen LogP contribution in [0.4, 0.5) is 0 Å². The van der Waals surface area contributed by atoms with E-state index in [1.165, 1.54) is 23.1 Å². The first-order chi connectivity index (χ1) is 14.1. The summed E-state index contributed by atoms with van der Waals surface area (Å²) in [6, 6.07) is 8.92. The van der Waals surface area contributed by atoms with E-state index < -0.39 is 0 Å². The highest BCUT2D eigenvalue weighted by Gasteiger charge is 2.18. The number of carbonyl (C=O) groups excluding carboxylic acids is 1. The van der Waals surface area contributed by atoms with Crippen LogP contribution in [-0.4, -0.2) is 23.8 Å². The van der Waals surface area contributed by atoms with Crippen molar-refractivity contribution >= 4 is 5.78 Å². The maximum Gasteiger partial charge on any atom is 0.143 e. The molecule has 0 aromatic heterocycles. The minimum Gasteiger partial charge on any atom is -0.299 e. The highest BCUT2D eigenvalue weighted by atomic mass is 16.1. The van der Waals surface area contributed by atoms with E-state index in [1.807, 2.05) is 19.1 Å². The third kappa shape index (κ3) is 11.1. The Morgan fingerprint density at radius 1 is 1.17 bits per heavy atom. The van der Waals surface area contributed by atoms with Crippen LogP contribution in [0.5, 0.6) is 0 Å².